The Hall–Kier alpha value is -3.50. The predicted molar refractivity (Wildman–Crippen MR) is 136 cm³/mol. The average molecular weight is 511 g/mol. The van der Waals surface area contributed by atoms with Crippen LogP contribution in [0.15, 0.2) is 28.8 Å². The lowest BCUT2D eigenvalue weighted by Crippen LogP contribution is -2.36. The van der Waals surface area contributed by atoms with Gasteiger partial charge in [0.05, 0.1) is 7.11 Å². The van der Waals surface area contributed by atoms with Crippen LogP contribution in [-0.4, -0.2) is 64.2 Å². The zero-order valence-corrected chi connectivity index (χ0v) is 21.5. The summed E-state index contributed by atoms with van der Waals surface area (Å²) in [6, 6.07) is 7.65. The second-order valence-electron chi connectivity index (χ2n) is 9.28. The van der Waals surface area contributed by atoms with Crippen LogP contribution >= 0.6 is 0 Å². The van der Waals surface area contributed by atoms with Gasteiger partial charge in [0.1, 0.15) is 36.5 Å². The van der Waals surface area contributed by atoms with Gasteiger partial charge in [-0.05, 0) is 49.4 Å². The summed E-state index contributed by atoms with van der Waals surface area (Å²) in [6.07, 6.45) is 4.44. The van der Waals surface area contributed by atoms with E-state index in [-0.39, 0.29) is 13.2 Å². The number of amides is 1. The van der Waals surface area contributed by atoms with E-state index in [1.807, 2.05) is 38.1 Å². The smallest absolute Gasteiger partial charge is 0.276 e. The van der Waals surface area contributed by atoms with Crippen molar-refractivity contribution in [3.8, 4) is 34.5 Å². The monoisotopic (exact) mass is 510 g/mol. The van der Waals surface area contributed by atoms with E-state index in [1.54, 1.807) is 7.11 Å². The molecule has 1 fully saturated rings. The number of hydrogen-bond acceptors (Lipinski definition) is 9. The summed E-state index contributed by atoms with van der Waals surface area (Å²) >= 11 is 0. The minimum absolute atomic E-state index is 0.00388. The van der Waals surface area contributed by atoms with E-state index < -0.39 is 18.6 Å². The number of carbonyl (C=O) groups excluding carboxylic acids is 1. The Balaban J connectivity index is 1.53. The molecule has 1 aromatic carbocycles. The fourth-order valence-corrected chi connectivity index (χ4v) is 4.60. The van der Waals surface area contributed by atoms with Gasteiger partial charge in [-0.3, -0.25) is 4.79 Å². The summed E-state index contributed by atoms with van der Waals surface area (Å²) in [5.41, 5.74) is 4.16. The largest absolute Gasteiger partial charge is 0.497 e. The molecule has 2 aromatic heterocycles. The van der Waals surface area contributed by atoms with Crippen LogP contribution in [0.25, 0.3) is 23.0 Å². The van der Waals surface area contributed by atoms with Gasteiger partial charge in [0.2, 0.25) is 11.7 Å². The van der Waals surface area contributed by atoms with Gasteiger partial charge in [-0.15, -0.1) is 0 Å². The molecule has 1 atom stereocenters. The third kappa shape index (κ3) is 6.44. The highest BCUT2D eigenvalue weighted by Gasteiger charge is 2.22. The van der Waals surface area contributed by atoms with Crippen molar-refractivity contribution >= 4 is 5.91 Å². The highest BCUT2D eigenvalue weighted by atomic mass is 16.5. The first-order chi connectivity index (χ1) is 17.9. The molecule has 0 bridgehead atoms. The van der Waals surface area contributed by atoms with E-state index in [4.69, 9.17) is 24.1 Å². The van der Waals surface area contributed by atoms with Crippen molar-refractivity contribution in [1.82, 2.24) is 20.4 Å². The molecule has 2 heterocycles. The molecule has 1 aliphatic carbocycles. The number of nitrogens with one attached hydrogen (secondary N) is 1. The first kappa shape index (κ1) is 26.6. The number of nitrogens with zero attached hydrogens (tertiary/aromatic N) is 3. The molecule has 3 aromatic rings. The molecule has 0 radical (unpaired) electrons. The molecule has 198 valence electrons. The van der Waals surface area contributed by atoms with Gasteiger partial charge >= 0.3 is 0 Å². The van der Waals surface area contributed by atoms with E-state index >= 15 is 0 Å². The highest BCUT2D eigenvalue weighted by molar-refractivity contribution is 5.76. The molecule has 1 aliphatic rings. The van der Waals surface area contributed by atoms with Crippen LogP contribution in [-0.2, 0) is 11.2 Å². The molecule has 0 aliphatic heterocycles. The topological polar surface area (TPSA) is 140 Å². The fraction of sp³-hybridized carbons (Fsp3) is 0.481. The minimum atomic E-state index is -0.913. The number of carbonyl (C=O) groups is 1. The quantitative estimate of drug-likeness (QED) is 0.355. The number of aromatic nitrogens is 3. The summed E-state index contributed by atoms with van der Waals surface area (Å²) in [5, 5.41) is 25.5. The molecule has 37 heavy (non-hydrogen) atoms. The van der Waals surface area contributed by atoms with Gasteiger partial charge in [-0.1, -0.05) is 24.9 Å². The summed E-state index contributed by atoms with van der Waals surface area (Å²) < 4.78 is 17.0. The van der Waals surface area contributed by atoms with Crippen LogP contribution in [0.5, 0.6) is 11.5 Å². The predicted octanol–water partition coefficient (Wildman–Crippen LogP) is 3.18. The second kappa shape index (κ2) is 12.2. The Morgan fingerprint density at radius 2 is 2.00 bits per heavy atom. The first-order valence-corrected chi connectivity index (χ1v) is 12.6. The third-order valence-corrected chi connectivity index (χ3v) is 6.56. The Labute approximate surface area is 216 Å². The molecule has 0 unspecified atom stereocenters. The van der Waals surface area contributed by atoms with Crippen LogP contribution in [0.4, 0.5) is 0 Å². The normalized spacial score (nSPS) is 14.5. The van der Waals surface area contributed by atoms with Crippen molar-refractivity contribution in [1.29, 1.82) is 0 Å². The van der Waals surface area contributed by atoms with Crippen LogP contribution in [0.3, 0.4) is 0 Å². The molecule has 10 heteroatoms. The summed E-state index contributed by atoms with van der Waals surface area (Å²) in [4.78, 5) is 20.6. The molecule has 10 nitrogen and oxygen atoms in total. The van der Waals surface area contributed by atoms with Crippen molar-refractivity contribution in [3.05, 3.63) is 41.1 Å². The number of rotatable bonds is 11. The zero-order chi connectivity index (χ0) is 26.4. The molecule has 0 spiro atoms. The van der Waals surface area contributed by atoms with Crippen LogP contribution < -0.4 is 14.8 Å². The Bertz CT molecular complexity index is 1220. The van der Waals surface area contributed by atoms with Gasteiger partial charge in [0.25, 0.3) is 5.89 Å². The summed E-state index contributed by atoms with van der Waals surface area (Å²) in [6.45, 7) is 3.29. The van der Waals surface area contributed by atoms with Crippen molar-refractivity contribution < 1.29 is 29.0 Å². The molecular weight excluding hydrogens is 476 g/mol. The van der Waals surface area contributed by atoms with Gasteiger partial charge in [0.15, 0.2) is 0 Å². The lowest BCUT2D eigenvalue weighted by molar-refractivity contribution is -0.124. The van der Waals surface area contributed by atoms with Crippen LogP contribution in [0, 0.1) is 6.92 Å². The van der Waals surface area contributed by atoms with Crippen LogP contribution in [0.1, 0.15) is 55.3 Å². The molecule has 0 saturated heterocycles. The number of aliphatic hydroxyl groups excluding tert-OH is 2. The van der Waals surface area contributed by atoms with Crippen molar-refractivity contribution in [2.45, 2.75) is 58.0 Å². The number of ether oxygens (including phenoxy) is 2. The molecule has 1 saturated carbocycles. The van der Waals surface area contributed by atoms with Gasteiger partial charge in [0, 0.05) is 35.9 Å². The lowest BCUT2D eigenvalue weighted by atomic mass is 10.0. The van der Waals surface area contributed by atoms with E-state index in [9.17, 15) is 9.90 Å². The van der Waals surface area contributed by atoms with E-state index in [0.717, 1.165) is 41.0 Å². The number of aryl methyl sites for hydroxylation is 2. The molecule has 4 rings (SSSR count). The number of methoxy groups -OCH3 is 1. The van der Waals surface area contributed by atoms with Gasteiger partial charge in [-0.25, -0.2) is 4.98 Å². The Morgan fingerprint density at radius 3 is 2.70 bits per heavy atom. The van der Waals surface area contributed by atoms with E-state index in [1.165, 1.54) is 12.8 Å². The summed E-state index contributed by atoms with van der Waals surface area (Å²) in [5.74, 6) is 2.03. The average Bonchev–Trinajstić information content (AvgIpc) is 3.63. The van der Waals surface area contributed by atoms with E-state index in [0.29, 0.717) is 35.5 Å². The maximum Gasteiger partial charge on any atom is 0.276 e. The number of hydrogen-bond donors (Lipinski definition) is 3. The SMILES string of the molecule is CCc1cc(-c2noc(-c3cc(OC)cc(C4CCCC4)n3)n2)cc(C)c1OC[C@@H](O)CNC(=O)CO. The van der Waals surface area contributed by atoms with Crippen molar-refractivity contribution in [3.63, 3.8) is 0 Å². The first-order valence-electron chi connectivity index (χ1n) is 12.6. The maximum atomic E-state index is 11.2. The number of aliphatic hydroxyl groups is 2. The standard InChI is InChI=1S/C27H34N4O6/c1-4-17-10-19(9-16(2)25(17)36-15-20(33)13-28-24(34)14-32)26-30-27(37-31-26)23-12-21(35-3)11-22(29-23)18-7-5-6-8-18/h9-12,18,20,32-33H,4-8,13-15H2,1-3H3,(H,28,34)/t20-/m0/s1. The minimum Gasteiger partial charge on any atom is -0.497 e. The van der Waals surface area contributed by atoms with Crippen molar-refractivity contribution in [2.75, 3.05) is 26.9 Å². The Kier molecular flexibility index (Phi) is 8.73. The molecular formula is C27H34N4O6. The third-order valence-electron chi connectivity index (χ3n) is 6.56. The van der Waals surface area contributed by atoms with Crippen LogP contribution in [0.2, 0.25) is 0 Å². The fourth-order valence-electron chi connectivity index (χ4n) is 4.60. The highest BCUT2D eigenvalue weighted by Crippen LogP contribution is 2.36. The second-order valence-corrected chi connectivity index (χ2v) is 9.28. The van der Waals surface area contributed by atoms with Crippen molar-refractivity contribution in [2.24, 2.45) is 0 Å². The van der Waals surface area contributed by atoms with Gasteiger partial charge < -0.3 is 29.5 Å². The molecule has 1 amide bonds. The summed E-state index contributed by atoms with van der Waals surface area (Å²) in [7, 11) is 1.64. The van der Waals surface area contributed by atoms with Gasteiger partial charge in [-0.2, -0.15) is 4.98 Å². The number of benzene rings is 1. The zero-order valence-electron chi connectivity index (χ0n) is 21.5. The molecule has 3 N–H and O–H groups in total. The lowest BCUT2D eigenvalue weighted by Gasteiger charge is -2.17. The maximum absolute atomic E-state index is 11.2. The number of pyridine rings is 1. The van der Waals surface area contributed by atoms with E-state index in [2.05, 4.69) is 15.5 Å². The Morgan fingerprint density at radius 1 is 1.22 bits per heavy atom.